The third-order valence-corrected chi connectivity index (χ3v) is 4.17. The van der Waals surface area contributed by atoms with Gasteiger partial charge in [-0.1, -0.05) is 19.9 Å². The summed E-state index contributed by atoms with van der Waals surface area (Å²) in [5.41, 5.74) is 3.01. The van der Waals surface area contributed by atoms with Gasteiger partial charge in [-0.3, -0.25) is 0 Å². The Morgan fingerprint density at radius 2 is 1.67 bits per heavy atom. The fourth-order valence-corrected chi connectivity index (χ4v) is 3.28. The Hall–Kier alpha value is -1.18. The van der Waals surface area contributed by atoms with Crippen LogP contribution >= 0.6 is 0 Å². The smallest absolute Gasteiger partial charge is 0.123 e. The maximum absolute atomic E-state index is 9.98. The fourth-order valence-electron chi connectivity index (χ4n) is 3.28. The number of anilines is 1. The standard InChI is InChI=1S/C16H25NO/c1-10-7-11(2)9-14(8-10)17-15-6-5-12(3)16(18)13(15)4/h5-6,10-11,14,17-18H,7-9H2,1-4H3. The van der Waals surface area contributed by atoms with Crippen LogP contribution in [0.3, 0.4) is 0 Å². The molecule has 1 aliphatic carbocycles. The normalized spacial score (nSPS) is 28.1. The Morgan fingerprint density at radius 3 is 2.28 bits per heavy atom. The zero-order valence-electron chi connectivity index (χ0n) is 12.0. The molecule has 1 aliphatic rings. The number of nitrogens with one attached hydrogen (secondary N) is 1. The molecule has 2 heteroatoms. The van der Waals surface area contributed by atoms with E-state index in [9.17, 15) is 5.11 Å². The van der Waals surface area contributed by atoms with E-state index in [1.165, 1.54) is 19.3 Å². The van der Waals surface area contributed by atoms with Crippen molar-refractivity contribution in [2.24, 2.45) is 11.8 Å². The molecule has 18 heavy (non-hydrogen) atoms. The van der Waals surface area contributed by atoms with Gasteiger partial charge in [0.25, 0.3) is 0 Å². The quantitative estimate of drug-likeness (QED) is 0.819. The minimum Gasteiger partial charge on any atom is -0.507 e. The van der Waals surface area contributed by atoms with Gasteiger partial charge in [0.1, 0.15) is 5.75 Å². The number of hydrogen-bond donors (Lipinski definition) is 2. The average Bonchev–Trinajstić information content (AvgIpc) is 2.29. The van der Waals surface area contributed by atoms with Crippen LogP contribution in [0.4, 0.5) is 5.69 Å². The SMILES string of the molecule is Cc1ccc(NC2CC(C)CC(C)C2)c(C)c1O. The molecular weight excluding hydrogens is 222 g/mol. The molecule has 2 rings (SSSR count). The number of phenols is 1. The summed E-state index contributed by atoms with van der Waals surface area (Å²) in [6.45, 7) is 8.60. The predicted molar refractivity (Wildman–Crippen MR) is 77.2 cm³/mol. The highest BCUT2D eigenvalue weighted by Gasteiger charge is 2.24. The van der Waals surface area contributed by atoms with Crippen LogP contribution in [0.15, 0.2) is 12.1 Å². The van der Waals surface area contributed by atoms with E-state index in [-0.39, 0.29) is 0 Å². The van der Waals surface area contributed by atoms with E-state index in [2.05, 4.69) is 25.2 Å². The lowest BCUT2D eigenvalue weighted by Gasteiger charge is -2.33. The zero-order valence-corrected chi connectivity index (χ0v) is 12.0. The Bertz CT molecular complexity index is 417. The van der Waals surface area contributed by atoms with Crippen molar-refractivity contribution in [3.63, 3.8) is 0 Å². The molecule has 0 aromatic heterocycles. The monoisotopic (exact) mass is 247 g/mol. The summed E-state index contributed by atoms with van der Waals surface area (Å²) < 4.78 is 0. The molecule has 100 valence electrons. The van der Waals surface area contributed by atoms with Gasteiger partial charge in [0.15, 0.2) is 0 Å². The molecule has 2 nitrogen and oxygen atoms in total. The van der Waals surface area contributed by atoms with Gasteiger partial charge in [-0.2, -0.15) is 0 Å². The Morgan fingerprint density at radius 1 is 1.06 bits per heavy atom. The maximum atomic E-state index is 9.98. The molecule has 0 amide bonds. The molecule has 2 atom stereocenters. The zero-order chi connectivity index (χ0) is 13.3. The average molecular weight is 247 g/mol. The van der Waals surface area contributed by atoms with Crippen LogP contribution in [0, 0.1) is 25.7 Å². The topological polar surface area (TPSA) is 32.3 Å². The van der Waals surface area contributed by atoms with E-state index in [1.54, 1.807) is 0 Å². The second-order valence-corrected chi connectivity index (χ2v) is 6.16. The lowest BCUT2D eigenvalue weighted by atomic mass is 9.80. The molecule has 1 fully saturated rings. The van der Waals surface area contributed by atoms with E-state index in [1.807, 2.05) is 19.9 Å². The van der Waals surface area contributed by atoms with Crippen LogP contribution < -0.4 is 5.32 Å². The van der Waals surface area contributed by atoms with Crippen LogP contribution in [0.5, 0.6) is 5.75 Å². The van der Waals surface area contributed by atoms with Gasteiger partial charge in [-0.25, -0.2) is 0 Å². The second-order valence-electron chi connectivity index (χ2n) is 6.16. The molecule has 0 heterocycles. The number of hydrogen-bond acceptors (Lipinski definition) is 2. The Labute approximate surface area is 110 Å². The third-order valence-electron chi connectivity index (χ3n) is 4.17. The second kappa shape index (κ2) is 5.21. The first-order valence-corrected chi connectivity index (χ1v) is 7.03. The molecular formula is C16H25NO. The highest BCUT2D eigenvalue weighted by atomic mass is 16.3. The number of aryl methyl sites for hydroxylation is 1. The summed E-state index contributed by atoms with van der Waals surface area (Å²) in [6.07, 6.45) is 3.81. The number of phenolic OH excluding ortho intramolecular Hbond substituents is 1. The van der Waals surface area contributed by atoms with Crippen LogP contribution in [-0.2, 0) is 0 Å². The summed E-state index contributed by atoms with van der Waals surface area (Å²) in [7, 11) is 0. The van der Waals surface area contributed by atoms with E-state index in [0.29, 0.717) is 11.8 Å². The number of rotatable bonds is 2. The van der Waals surface area contributed by atoms with Crippen LogP contribution in [0.25, 0.3) is 0 Å². The minimum absolute atomic E-state index is 0.428. The lowest BCUT2D eigenvalue weighted by molar-refractivity contribution is 0.280. The molecule has 0 saturated heterocycles. The van der Waals surface area contributed by atoms with E-state index >= 15 is 0 Å². The summed E-state index contributed by atoms with van der Waals surface area (Å²) in [5, 5.41) is 13.6. The van der Waals surface area contributed by atoms with Crippen molar-refractivity contribution < 1.29 is 5.11 Å². The van der Waals surface area contributed by atoms with Crippen LogP contribution in [-0.4, -0.2) is 11.1 Å². The van der Waals surface area contributed by atoms with Crippen molar-refractivity contribution in [1.29, 1.82) is 0 Å². The Kier molecular flexibility index (Phi) is 3.84. The lowest BCUT2D eigenvalue weighted by Crippen LogP contribution is -2.30. The van der Waals surface area contributed by atoms with Crippen molar-refractivity contribution in [2.45, 2.75) is 53.0 Å². The van der Waals surface area contributed by atoms with Gasteiger partial charge in [-0.05, 0) is 56.6 Å². The molecule has 1 aromatic carbocycles. The summed E-state index contributed by atoms with van der Waals surface area (Å²) in [6, 6.07) is 4.62. The fraction of sp³-hybridized carbons (Fsp3) is 0.625. The molecule has 1 aromatic rings. The van der Waals surface area contributed by atoms with Gasteiger partial charge < -0.3 is 10.4 Å². The van der Waals surface area contributed by atoms with Gasteiger partial charge in [0.2, 0.25) is 0 Å². The van der Waals surface area contributed by atoms with E-state index in [4.69, 9.17) is 0 Å². The van der Waals surface area contributed by atoms with Crippen molar-refractivity contribution in [1.82, 2.24) is 0 Å². The first-order valence-electron chi connectivity index (χ1n) is 7.03. The highest BCUT2D eigenvalue weighted by molar-refractivity contribution is 5.59. The predicted octanol–water partition coefficient (Wildman–Crippen LogP) is 4.25. The van der Waals surface area contributed by atoms with Crippen molar-refractivity contribution in [3.8, 4) is 5.75 Å². The van der Waals surface area contributed by atoms with Gasteiger partial charge in [0, 0.05) is 17.3 Å². The van der Waals surface area contributed by atoms with Crippen molar-refractivity contribution in [3.05, 3.63) is 23.3 Å². The third kappa shape index (κ3) is 2.80. The molecule has 0 bridgehead atoms. The molecule has 2 N–H and O–H groups in total. The molecule has 1 saturated carbocycles. The van der Waals surface area contributed by atoms with Crippen LogP contribution in [0.1, 0.15) is 44.2 Å². The summed E-state index contributed by atoms with van der Waals surface area (Å²) >= 11 is 0. The summed E-state index contributed by atoms with van der Waals surface area (Å²) in [5.74, 6) is 2.02. The van der Waals surface area contributed by atoms with E-state index in [0.717, 1.165) is 28.7 Å². The number of aromatic hydroxyl groups is 1. The summed E-state index contributed by atoms with van der Waals surface area (Å²) in [4.78, 5) is 0. The van der Waals surface area contributed by atoms with Gasteiger partial charge in [0.05, 0.1) is 0 Å². The highest BCUT2D eigenvalue weighted by Crippen LogP contribution is 2.33. The largest absolute Gasteiger partial charge is 0.507 e. The van der Waals surface area contributed by atoms with Crippen molar-refractivity contribution >= 4 is 5.69 Å². The maximum Gasteiger partial charge on any atom is 0.123 e. The van der Waals surface area contributed by atoms with Crippen LogP contribution in [0.2, 0.25) is 0 Å². The van der Waals surface area contributed by atoms with E-state index < -0.39 is 0 Å². The van der Waals surface area contributed by atoms with Gasteiger partial charge >= 0.3 is 0 Å². The van der Waals surface area contributed by atoms with Gasteiger partial charge in [-0.15, -0.1) is 0 Å². The molecule has 0 spiro atoms. The minimum atomic E-state index is 0.428. The molecule has 0 radical (unpaired) electrons. The Balaban J connectivity index is 2.12. The van der Waals surface area contributed by atoms with Crippen molar-refractivity contribution in [2.75, 3.05) is 5.32 Å². The first kappa shape index (κ1) is 13.3. The first-order chi connectivity index (χ1) is 8.47. The molecule has 0 aliphatic heterocycles. The molecule has 2 unspecified atom stereocenters. The number of benzene rings is 1.